The van der Waals surface area contributed by atoms with Crippen LogP contribution in [-0.2, 0) is 4.74 Å². The largest absolute Gasteiger partial charge is 0.373 e. The summed E-state index contributed by atoms with van der Waals surface area (Å²) in [6.45, 7) is 11.0. The van der Waals surface area contributed by atoms with Crippen LogP contribution in [0.2, 0.25) is 0 Å². The highest BCUT2D eigenvalue weighted by molar-refractivity contribution is 7.08. The van der Waals surface area contributed by atoms with E-state index in [1.165, 1.54) is 0 Å². The first-order valence-corrected chi connectivity index (χ1v) is 8.03. The molecule has 1 aromatic rings. The minimum Gasteiger partial charge on any atom is -0.373 e. The first-order chi connectivity index (χ1) is 9.38. The molecule has 1 amide bonds. The topological polar surface area (TPSA) is 41.6 Å². The van der Waals surface area contributed by atoms with Crippen LogP contribution in [0, 0.1) is 0 Å². The van der Waals surface area contributed by atoms with Crippen molar-refractivity contribution in [1.29, 1.82) is 0 Å². The summed E-state index contributed by atoms with van der Waals surface area (Å²) < 4.78 is 5.77. The predicted molar refractivity (Wildman–Crippen MR) is 82.3 cm³/mol. The lowest BCUT2D eigenvalue weighted by Gasteiger charge is -2.45. The van der Waals surface area contributed by atoms with Crippen molar-refractivity contribution in [3.63, 3.8) is 0 Å². The predicted octanol–water partition coefficient (Wildman–Crippen LogP) is 2.37. The molecule has 1 aromatic heterocycles. The zero-order valence-corrected chi connectivity index (χ0v) is 13.5. The molecule has 0 aromatic carbocycles. The molecule has 5 heteroatoms. The van der Waals surface area contributed by atoms with Crippen molar-refractivity contribution in [3.8, 4) is 0 Å². The molecule has 2 rings (SSSR count). The van der Waals surface area contributed by atoms with Crippen LogP contribution < -0.4 is 5.32 Å². The number of hydrogen-bond acceptors (Lipinski definition) is 4. The fraction of sp³-hybridized carbons (Fsp3) is 0.667. The minimum absolute atomic E-state index is 0.00804. The Morgan fingerprint density at radius 1 is 1.45 bits per heavy atom. The number of rotatable bonds is 4. The van der Waals surface area contributed by atoms with Gasteiger partial charge in [-0.15, -0.1) is 0 Å². The number of nitrogens with zero attached hydrogens (tertiary/aromatic N) is 1. The fourth-order valence-electron chi connectivity index (χ4n) is 2.58. The van der Waals surface area contributed by atoms with Gasteiger partial charge in [0.1, 0.15) is 0 Å². The smallest absolute Gasteiger partial charge is 0.252 e. The number of thiophene rings is 1. The van der Waals surface area contributed by atoms with Gasteiger partial charge in [0.2, 0.25) is 0 Å². The normalized spacial score (nSPS) is 24.6. The second-order valence-electron chi connectivity index (χ2n) is 6.17. The highest BCUT2D eigenvalue weighted by Gasteiger charge is 2.33. The lowest BCUT2D eigenvalue weighted by atomic mass is 10.00. The van der Waals surface area contributed by atoms with Gasteiger partial charge < -0.3 is 10.1 Å². The summed E-state index contributed by atoms with van der Waals surface area (Å²) in [7, 11) is 0. The SMILES string of the molecule is C[C@H]1CN(C(C)(C)CNC(=O)c2ccsc2)C[C@H](C)O1. The van der Waals surface area contributed by atoms with Crippen LogP contribution in [-0.4, -0.2) is 48.2 Å². The van der Waals surface area contributed by atoms with E-state index in [-0.39, 0.29) is 23.7 Å². The van der Waals surface area contributed by atoms with Crippen molar-refractivity contribution in [1.82, 2.24) is 10.2 Å². The summed E-state index contributed by atoms with van der Waals surface area (Å²) in [4.78, 5) is 14.4. The molecule has 1 saturated heterocycles. The van der Waals surface area contributed by atoms with Crippen molar-refractivity contribution >= 4 is 17.2 Å². The molecule has 20 heavy (non-hydrogen) atoms. The monoisotopic (exact) mass is 296 g/mol. The lowest BCUT2D eigenvalue weighted by Crippen LogP contribution is -2.58. The first-order valence-electron chi connectivity index (χ1n) is 7.09. The van der Waals surface area contributed by atoms with E-state index < -0.39 is 0 Å². The van der Waals surface area contributed by atoms with E-state index in [0.29, 0.717) is 6.54 Å². The van der Waals surface area contributed by atoms with Crippen molar-refractivity contribution in [2.24, 2.45) is 0 Å². The van der Waals surface area contributed by atoms with Crippen molar-refractivity contribution in [3.05, 3.63) is 22.4 Å². The summed E-state index contributed by atoms with van der Waals surface area (Å²) >= 11 is 1.54. The van der Waals surface area contributed by atoms with Gasteiger partial charge in [0.05, 0.1) is 12.2 Å². The highest BCUT2D eigenvalue weighted by Crippen LogP contribution is 2.20. The Morgan fingerprint density at radius 2 is 2.10 bits per heavy atom. The third-order valence-corrected chi connectivity index (χ3v) is 4.42. The molecule has 0 unspecified atom stereocenters. The van der Waals surface area contributed by atoms with Crippen LogP contribution in [0.4, 0.5) is 0 Å². The second-order valence-corrected chi connectivity index (χ2v) is 6.95. The van der Waals surface area contributed by atoms with Gasteiger partial charge in [-0.1, -0.05) is 0 Å². The van der Waals surface area contributed by atoms with Crippen molar-refractivity contribution < 1.29 is 9.53 Å². The van der Waals surface area contributed by atoms with Crippen LogP contribution in [0.1, 0.15) is 38.1 Å². The van der Waals surface area contributed by atoms with Gasteiger partial charge in [-0.2, -0.15) is 11.3 Å². The number of morpholine rings is 1. The number of amides is 1. The number of carbonyl (C=O) groups is 1. The Bertz CT molecular complexity index is 435. The van der Waals surface area contributed by atoms with Crippen LogP contribution >= 0.6 is 11.3 Å². The molecule has 2 heterocycles. The molecule has 0 bridgehead atoms. The average molecular weight is 296 g/mol. The Hall–Kier alpha value is -0.910. The zero-order chi connectivity index (χ0) is 14.8. The third-order valence-electron chi connectivity index (χ3n) is 3.74. The van der Waals surface area contributed by atoms with E-state index in [4.69, 9.17) is 4.74 Å². The van der Waals surface area contributed by atoms with Crippen LogP contribution in [0.15, 0.2) is 16.8 Å². The summed E-state index contributed by atoms with van der Waals surface area (Å²) in [5.41, 5.74) is 0.673. The quantitative estimate of drug-likeness (QED) is 0.927. The van der Waals surface area contributed by atoms with E-state index in [2.05, 4.69) is 37.9 Å². The Balaban J connectivity index is 1.91. The zero-order valence-electron chi connectivity index (χ0n) is 12.7. The molecular formula is C15H24N2O2S. The van der Waals surface area contributed by atoms with Gasteiger partial charge in [-0.05, 0) is 39.1 Å². The Morgan fingerprint density at radius 3 is 2.65 bits per heavy atom. The molecule has 0 saturated carbocycles. The van der Waals surface area contributed by atoms with Gasteiger partial charge in [-0.25, -0.2) is 0 Å². The van der Waals surface area contributed by atoms with E-state index >= 15 is 0 Å². The standard InChI is InChI=1S/C15H24N2O2S/c1-11-7-17(8-12(2)19-11)15(3,4)10-16-14(18)13-5-6-20-9-13/h5-6,9,11-12H,7-8,10H2,1-4H3,(H,16,18)/t11-,12-/m0/s1. The van der Waals surface area contributed by atoms with E-state index in [9.17, 15) is 4.79 Å². The maximum Gasteiger partial charge on any atom is 0.252 e. The van der Waals surface area contributed by atoms with Crippen LogP contribution in [0.5, 0.6) is 0 Å². The number of hydrogen-bond donors (Lipinski definition) is 1. The van der Waals surface area contributed by atoms with Gasteiger partial charge in [0.25, 0.3) is 5.91 Å². The maximum absolute atomic E-state index is 12.0. The highest BCUT2D eigenvalue weighted by atomic mass is 32.1. The Labute approximate surface area is 125 Å². The molecule has 0 spiro atoms. The molecule has 112 valence electrons. The van der Waals surface area contributed by atoms with Gasteiger partial charge in [0.15, 0.2) is 0 Å². The van der Waals surface area contributed by atoms with Crippen molar-refractivity contribution in [2.45, 2.75) is 45.4 Å². The summed E-state index contributed by atoms with van der Waals surface area (Å²) in [5.74, 6) is 0.00804. The molecular weight excluding hydrogens is 272 g/mol. The minimum atomic E-state index is -0.0714. The number of carbonyl (C=O) groups excluding carboxylic acids is 1. The molecule has 1 fully saturated rings. The van der Waals surface area contributed by atoms with E-state index in [1.54, 1.807) is 11.3 Å². The third kappa shape index (κ3) is 3.81. The second kappa shape index (κ2) is 6.24. The molecule has 2 atom stereocenters. The molecule has 1 aliphatic rings. The van der Waals surface area contributed by atoms with Gasteiger partial charge in [0, 0.05) is 36.1 Å². The first kappa shape index (κ1) is 15.5. The van der Waals surface area contributed by atoms with Crippen LogP contribution in [0.3, 0.4) is 0 Å². The molecule has 1 N–H and O–H groups in total. The van der Waals surface area contributed by atoms with Gasteiger partial charge in [-0.3, -0.25) is 9.69 Å². The summed E-state index contributed by atoms with van der Waals surface area (Å²) in [6.07, 6.45) is 0.483. The summed E-state index contributed by atoms with van der Waals surface area (Å²) in [5, 5.41) is 6.84. The van der Waals surface area contributed by atoms with Crippen molar-refractivity contribution in [2.75, 3.05) is 19.6 Å². The summed E-state index contributed by atoms with van der Waals surface area (Å²) in [6, 6.07) is 1.85. The molecule has 0 aliphatic carbocycles. The molecule has 0 radical (unpaired) electrons. The molecule has 4 nitrogen and oxygen atoms in total. The Kier molecular flexibility index (Phi) is 4.83. The number of nitrogens with one attached hydrogen (secondary N) is 1. The number of ether oxygens (including phenoxy) is 1. The van der Waals surface area contributed by atoms with Crippen LogP contribution in [0.25, 0.3) is 0 Å². The molecule has 1 aliphatic heterocycles. The van der Waals surface area contributed by atoms with E-state index in [1.807, 2.05) is 16.8 Å². The van der Waals surface area contributed by atoms with Gasteiger partial charge >= 0.3 is 0 Å². The lowest BCUT2D eigenvalue weighted by molar-refractivity contribution is -0.0948. The maximum atomic E-state index is 12.0. The van der Waals surface area contributed by atoms with E-state index in [0.717, 1.165) is 18.7 Å². The fourth-order valence-corrected chi connectivity index (χ4v) is 3.21. The average Bonchev–Trinajstić information content (AvgIpc) is 2.88.